The van der Waals surface area contributed by atoms with Gasteiger partial charge in [-0.1, -0.05) is 0 Å². The van der Waals surface area contributed by atoms with Crippen LogP contribution in [0.2, 0.25) is 0 Å². The number of fused-ring (bicyclic) bond motifs is 1. The number of ether oxygens (including phenoxy) is 3. The molecule has 1 aromatic carbocycles. The van der Waals surface area contributed by atoms with Crippen LogP contribution in [0, 0.1) is 5.92 Å². The van der Waals surface area contributed by atoms with Gasteiger partial charge in [0.2, 0.25) is 0 Å². The molecular weight excluding hydrogens is 364 g/mol. The number of nitrogens with one attached hydrogen (secondary N) is 1. The van der Waals surface area contributed by atoms with Crippen LogP contribution in [-0.4, -0.2) is 55.2 Å². The minimum atomic E-state index is -4.45. The summed E-state index contributed by atoms with van der Waals surface area (Å²) in [7, 11) is 0. The number of benzene rings is 1. The van der Waals surface area contributed by atoms with Crippen molar-refractivity contribution in [2.45, 2.75) is 12.4 Å². The molecule has 0 saturated carbocycles. The fraction of sp³-hybridized carbons (Fsp3) is 0.533. The third-order valence-electron chi connectivity index (χ3n) is 3.90. The maximum absolute atomic E-state index is 13.8. The van der Waals surface area contributed by atoms with Gasteiger partial charge in [-0.15, -0.1) is 8.78 Å². The summed E-state index contributed by atoms with van der Waals surface area (Å²) in [5.74, 6) is -1.01. The van der Waals surface area contributed by atoms with Crippen molar-refractivity contribution in [3.8, 4) is 5.75 Å². The highest BCUT2D eigenvalue weighted by atomic mass is 19.3. The summed E-state index contributed by atoms with van der Waals surface area (Å²) in [5.41, 5.74) is -0.967. The van der Waals surface area contributed by atoms with E-state index in [1.165, 1.54) is 4.90 Å². The summed E-state index contributed by atoms with van der Waals surface area (Å²) < 4.78 is 66.2. The quantitative estimate of drug-likeness (QED) is 0.769. The molecule has 1 aromatic rings. The van der Waals surface area contributed by atoms with E-state index in [1.54, 1.807) is 0 Å². The number of urea groups is 1. The lowest BCUT2D eigenvalue weighted by Crippen LogP contribution is -2.41. The molecular formula is C15H16F4N2O5. The second kappa shape index (κ2) is 6.89. The number of carbonyl (C=O) groups is 1. The van der Waals surface area contributed by atoms with Crippen LogP contribution in [0.1, 0.15) is 5.56 Å². The lowest BCUT2D eigenvalue weighted by molar-refractivity contribution is -0.461. The van der Waals surface area contributed by atoms with E-state index in [0.29, 0.717) is 6.61 Å². The van der Waals surface area contributed by atoms with Crippen LogP contribution >= 0.6 is 0 Å². The molecule has 0 bridgehead atoms. The van der Waals surface area contributed by atoms with E-state index in [-0.39, 0.29) is 37.9 Å². The minimum Gasteiger partial charge on any atom is -0.409 e. The van der Waals surface area contributed by atoms with E-state index < -0.39 is 29.7 Å². The number of aliphatic hydroxyl groups excluding tert-OH is 1. The first kappa shape index (κ1) is 18.7. The van der Waals surface area contributed by atoms with Crippen molar-refractivity contribution in [2.24, 2.45) is 5.92 Å². The van der Waals surface area contributed by atoms with E-state index in [4.69, 9.17) is 4.74 Å². The Kier molecular flexibility index (Phi) is 4.95. The Hall–Kier alpha value is -2.11. The van der Waals surface area contributed by atoms with Gasteiger partial charge >= 0.3 is 18.4 Å². The molecule has 3 rings (SSSR count). The molecule has 11 heteroatoms. The number of alkyl halides is 4. The summed E-state index contributed by atoms with van der Waals surface area (Å²) in [5, 5.41) is 11.6. The Morgan fingerprint density at radius 3 is 2.85 bits per heavy atom. The Bertz CT molecular complexity index is 688. The van der Waals surface area contributed by atoms with E-state index in [0.717, 1.165) is 18.2 Å². The lowest BCUT2D eigenvalue weighted by Gasteiger charge is -2.31. The predicted molar refractivity (Wildman–Crippen MR) is 79.0 cm³/mol. The molecule has 2 N–H and O–H groups in total. The molecule has 2 aliphatic rings. The maximum Gasteiger partial charge on any atom is 0.540 e. The highest BCUT2D eigenvalue weighted by molar-refractivity contribution is 5.89. The largest absolute Gasteiger partial charge is 0.540 e. The third kappa shape index (κ3) is 4.00. The maximum atomic E-state index is 13.8. The summed E-state index contributed by atoms with van der Waals surface area (Å²) in [6.45, 7) is 0.874. The summed E-state index contributed by atoms with van der Waals surface area (Å²) in [6.07, 6.45) is -8.73. The Morgan fingerprint density at radius 2 is 2.12 bits per heavy atom. The number of rotatable bonds is 2. The Balaban J connectivity index is 1.76. The van der Waals surface area contributed by atoms with E-state index in [2.05, 4.69) is 14.8 Å². The van der Waals surface area contributed by atoms with Gasteiger partial charge in [-0.05, 0) is 18.2 Å². The van der Waals surface area contributed by atoms with Gasteiger partial charge in [0.05, 0.1) is 18.8 Å². The van der Waals surface area contributed by atoms with Crippen LogP contribution in [0.3, 0.4) is 0 Å². The molecule has 2 aliphatic heterocycles. The smallest absolute Gasteiger partial charge is 0.409 e. The van der Waals surface area contributed by atoms with Crippen LogP contribution in [0.5, 0.6) is 5.75 Å². The number of amides is 2. The Morgan fingerprint density at radius 1 is 1.35 bits per heavy atom. The van der Waals surface area contributed by atoms with Gasteiger partial charge in [0.1, 0.15) is 5.75 Å². The van der Waals surface area contributed by atoms with E-state index in [9.17, 15) is 27.5 Å². The van der Waals surface area contributed by atoms with Crippen molar-refractivity contribution in [2.75, 3.05) is 38.2 Å². The standard InChI is InChI=1S/C15H16F4N2O5/c16-14(17)11-5-10(1-2-12(11)25-15(18,19)26-14)20-13(23)21-3-4-24-8-9(6-21)7-22/h1-2,5,9,22H,3-4,6-8H2,(H,20,23)/t9-/m1/s1. The number of anilines is 1. The van der Waals surface area contributed by atoms with Crippen LogP contribution in [0.15, 0.2) is 18.2 Å². The van der Waals surface area contributed by atoms with Crippen LogP contribution < -0.4 is 10.1 Å². The number of nitrogens with zero attached hydrogens (tertiary/aromatic N) is 1. The molecule has 2 amide bonds. The van der Waals surface area contributed by atoms with Crippen LogP contribution in [0.4, 0.5) is 28.0 Å². The zero-order chi connectivity index (χ0) is 18.9. The van der Waals surface area contributed by atoms with Gasteiger partial charge in [0, 0.05) is 31.3 Å². The number of aliphatic hydroxyl groups is 1. The average Bonchev–Trinajstić information content (AvgIpc) is 2.79. The zero-order valence-corrected chi connectivity index (χ0v) is 13.4. The second-order valence-electron chi connectivity index (χ2n) is 5.89. The first-order valence-electron chi connectivity index (χ1n) is 7.74. The van der Waals surface area contributed by atoms with Gasteiger partial charge in [-0.25, -0.2) is 9.53 Å². The average molecular weight is 380 g/mol. The first-order chi connectivity index (χ1) is 12.2. The predicted octanol–water partition coefficient (Wildman–Crippen LogP) is 2.17. The molecule has 144 valence electrons. The molecule has 0 unspecified atom stereocenters. The summed E-state index contributed by atoms with van der Waals surface area (Å²) >= 11 is 0. The van der Waals surface area contributed by atoms with Crippen LogP contribution in [0.25, 0.3) is 0 Å². The molecule has 7 nitrogen and oxygen atoms in total. The van der Waals surface area contributed by atoms with Crippen LogP contribution in [-0.2, 0) is 15.6 Å². The van der Waals surface area contributed by atoms with Gasteiger partial charge in [0.15, 0.2) is 0 Å². The molecule has 2 heterocycles. The molecule has 0 radical (unpaired) electrons. The highest BCUT2D eigenvalue weighted by Crippen LogP contribution is 2.46. The van der Waals surface area contributed by atoms with Crippen molar-refractivity contribution in [1.29, 1.82) is 0 Å². The molecule has 0 spiro atoms. The molecule has 0 aromatic heterocycles. The topological polar surface area (TPSA) is 80.3 Å². The van der Waals surface area contributed by atoms with Crippen molar-refractivity contribution in [1.82, 2.24) is 4.90 Å². The molecule has 1 fully saturated rings. The highest BCUT2D eigenvalue weighted by Gasteiger charge is 2.54. The van der Waals surface area contributed by atoms with Crippen molar-refractivity contribution in [3.05, 3.63) is 23.8 Å². The lowest BCUT2D eigenvalue weighted by atomic mass is 10.1. The zero-order valence-electron chi connectivity index (χ0n) is 13.4. The first-order valence-corrected chi connectivity index (χ1v) is 7.74. The summed E-state index contributed by atoms with van der Waals surface area (Å²) in [4.78, 5) is 13.7. The van der Waals surface area contributed by atoms with Crippen molar-refractivity contribution < 1.29 is 41.7 Å². The molecule has 1 atom stereocenters. The number of hydrogen-bond acceptors (Lipinski definition) is 5. The van der Waals surface area contributed by atoms with Crippen molar-refractivity contribution in [3.63, 3.8) is 0 Å². The van der Waals surface area contributed by atoms with Crippen molar-refractivity contribution >= 4 is 11.7 Å². The SMILES string of the molecule is O=C(Nc1ccc2c(c1)C(F)(F)OC(F)(F)O2)N1CCOC[C@@H](CO)C1. The monoisotopic (exact) mass is 380 g/mol. The van der Waals surface area contributed by atoms with E-state index in [1.807, 2.05) is 0 Å². The fourth-order valence-electron chi connectivity index (χ4n) is 2.66. The molecule has 0 aliphatic carbocycles. The number of halogens is 4. The summed E-state index contributed by atoms with van der Waals surface area (Å²) in [6, 6.07) is 2.27. The van der Waals surface area contributed by atoms with E-state index >= 15 is 0 Å². The Labute approximate surface area is 145 Å². The molecule has 26 heavy (non-hydrogen) atoms. The molecule has 1 saturated heterocycles. The number of carbonyl (C=O) groups excluding carboxylic acids is 1. The van der Waals surface area contributed by atoms with Gasteiger partial charge < -0.3 is 24.8 Å². The third-order valence-corrected chi connectivity index (χ3v) is 3.90. The minimum absolute atomic E-state index is 0.0449. The van der Waals surface area contributed by atoms with Gasteiger partial charge in [-0.3, -0.25) is 0 Å². The number of hydrogen-bond donors (Lipinski definition) is 2. The second-order valence-corrected chi connectivity index (χ2v) is 5.89. The normalized spacial score (nSPS) is 24.2. The van der Waals surface area contributed by atoms with Gasteiger partial charge in [-0.2, -0.15) is 8.78 Å². The van der Waals surface area contributed by atoms with Gasteiger partial charge in [0.25, 0.3) is 0 Å². The fourth-order valence-corrected chi connectivity index (χ4v) is 2.66.